The van der Waals surface area contributed by atoms with Gasteiger partial charge >= 0.3 is 5.97 Å². The van der Waals surface area contributed by atoms with Gasteiger partial charge in [-0.05, 0) is 30.7 Å². The van der Waals surface area contributed by atoms with Crippen LogP contribution in [0.5, 0.6) is 0 Å². The fourth-order valence-corrected chi connectivity index (χ4v) is 2.32. The summed E-state index contributed by atoms with van der Waals surface area (Å²) in [7, 11) is 0. The highest BCUT2D eigenvalue weighted by atomic mass is 16.5. The molecule has 1 aliphatic rings. The van der Waals surface area contributed by atoms with Gasteiger partial charge in [-0.15, -0.1) is 0 Å². The number of hydrogen-bond acceptors (Lipinski definition) is 4. The predicted octanol–water partition coefficient (Wildman–Crippen LogP) is 2.12. The van der Waals surface area contributed by atoms with Gasteiger partial charge in [0.15, 0.2) is 0 Å². The van der Waals surface area contributed by atoms with Crippen LogP contribution in [0.1, 0.15) is 16.8 Å². The van der Waals surface area contributed by atoms with Crippen LogP contribution in [0.4, 0.5) is 5.69 Å². The van der Waals surface area contributed by atoms with Gasteiger partial charge in [0.1, 0.15) is 6.73 Å². The van der Waals surface area contributed by atoms with E-state index in [0.29, 0.717) is 17.6 Å². The maximum absolute atomic E-state index is 11.2. The van der Waals surface area contributed by atoms with E-state index in [1.165, 1.54) is 12.3 Å². The first-order chi connectivity index (χ1) is 9.25. The molecule has 0 unspecified atom stereocenters. The fourth-order valence-electron chi connectivity index (χ4n) is 2.32. The van der Waals surface area contributed by atoms with Gasteiger partial charge in [0.2, 0.25) is 0 Å². The molecule has 0 bridgehead atoms. The van der Waals surface area contributed by atoms with Crippen LogP contribution in [-0.2, 0) is 4.74 Å². The average Bonchev–Trinajstić information content (AvgIpc) is 2.47. The second-order valence-corrected chi connectivity index (χ2v) is 4.52. The minimum atomic E-state index is -0.931. The number of aromatic carboxylic acids is 1. The van der Waals surface area contributed by atoms with Crippen LogP contribution in [-0.4, -0.2) is 35.9 Å². The van der Waals surface area contributed by atoms with Crippen molar-refractivity contribution in [1.29, 1.82) is 0 Å². The molecule has 1 fully saturated rings. The van der Waals surface area contributed by atoms with E-state index >= 15 is 0 Å². The third kappa shape index (κ3) is 2.24. The van der Waals surface area contributed by atoms with Crippen LogP contribution in [0.25, 0.3) is 10.9 Å². The van der Waals surface area contributed by atoms with Gasteiger partial charge in [-0.3, -0.25) is 4.98 Å². The zero-order valence-corrected chi connectivity index (χ0v) is 10.4. The Morgan fingerprint density at radius 3 is 3.00 bits per heavy atom. The highest BCUT2D eigenvalue weighted by Crippen LogP contribution is 2.24. The number of carbonyl (C=O) groups is 1. The summed E-state index contributed by atoms with van der Waals surface area (Å²) < 4.78 is 5.42. The molecule has 0 saturated carbocycles. The van der Waals surface area contributed by atoms with Crippen LogP contribution < -0.4 is 4.90 Å². The molecule has 3 rings (SSSR count). The van der Waals surface area contributed by atoms with Crippen LogP contribution in [0.2, 0.25) is 0 Å². The third-order valence-corrected chi connectivity index (χ3v) is 3.28. The molecule has 19 heavy (non-hydrogen) atoms. The summed E-state index contributed by atoms with van der Waals surface area (Å²) in [6.45, 7) is 2.26. The molecular weight excluding hydrogens is 244 g/mol. The molecule has 98 valence electrons. The topological polar surface area (TPSA) is 62.7 Å². The molecule has 1 N–H and O–H groups in total. The first-order valence-corrected chi connectivity index (χ1v) is 6.20. The summed E-state index contributed by atoms with van der Waals surface area (Å²) in [6.07, 6.45) is 2.51. The zero-order chi connectivity index (χ0) is 13.2. The zero-order valence-electron chi connectivity index (χ0n) is 10.4. The highest BCUT2D eigenvalue weighted by molar-refractivity contribution is 6.03. The number of pyridine rings is 1. The van der Waals surface area contributed by atoms with Gasteiger partial charge in [0.25, 0.3) is 0 Å². The summed E-state index contributed by atoms with van der Waals surface area (Å²) in [5.41, 5.74) is 1.95. The molecule has 1 aliphatic heterocycles. The average molecular weight is 258 g/mol. The first kappa shape index (κ1) is 11.9. The first-order valence-electron chi connectivity index (χ1n) is 6.20. The smallest absolute Gasteiger partial charge is 0.336 e. The molecule has 5 heteroatoms. The number of benzene rings is 1. The number of hydrogen-bond donors (Lipinski definition) is 1. The minimum Gasteiger partial charge on any atom is -0.478 e. The molecule has 1 aromatic carbocycles. The maximum atomic E-state index is 11.2. The van der Waals surface area contributed by atoms with E-state index in [2.05, 4.69) is 9.88 Å². The maximum Gasteiger partial charge on any atom is 0.336 e. The second kappa shape index (κ2) is 4.85. The van der Waals surface area contributed by atoms with Gasteiger partial charge in [0.05, 0.1) is 17.7 Å². The number of fused-ring (bicyclic) bond motifs is 1. The van der Waals surface area contributed by atoms with E-state index < -0.39 is 5.97 Å². The van der Waals surface area contributed by atoms with Crippen molar-refractivity contribution < 1.29 is 14.6 Å². The summed E-state index contributed by atoms with van der Waals surface area (Å²) >= 11 is 0. The fraction of sp³-hybridized carbons (Fsp3) is 0.286. The molecule has 2 heterocycles. The van der Waals surface area contributed by atoms with Crippen molar-refractivity contribution in [3.05, 3.63) is 36.0 Å². The SMILES string of the molecule is O=C(O)c1ccnc2ccc(N3CCCOC3)cc12. The second-order valence-electron chi connectivity index (χ2n) is 4.52. The van der Waals surface area contributed by atoms with Crippen molar-refractivity contribution in [3.63, 3.8) is 0 Å². The molecule has 1 aromatic heterocycles. The van der Waals surface area contributed by atoms with E-state index in [0.717, 1.165) is 25.3 Å². The molecule has 0 aliphatic carbocycles. The van der Waals surface area contributed by atoms with Crippen molar-refractivity contribution in [1.82, 2.24) is 4.98 Å². The lowest BCUT2D eigenvalue weighted by Gasteiger charge is -2.28. The third-order valence-electron chi connectivity index (χ3n) is 3.28. The van der Waals surface area contributed by atoms with Gasteiger partial charge in [-0.1, -0.05) is 0 Å². The molecular formula is C14H14N2O3. The molecule has 0 radical (unpaired) electrons. The van der Waals surface area contributed by atoms with Crippen molar-refractivity contribution >= 4 is 22.6 Å². The van der Waals surface area contributed by atoms with Crippen LogP contribution >= 0.6 is 0 Å². The molecule has 0 amide bonds. The van der Waals surface area contributed by atoms with E-state index in [1.807, 2.05) is 18.2 Å². The predicted molar refractivity (Wildman–Crippen MR) is 71.5 cm³/mol. The van der Waals surface area contributed by atoms with Gasteiger partial charge in [-0.25, -0.2) is 4.79 Å². The largest absolute Gasteiger partial charge is 0.478 e. The van der Waals surface area contributed by atoms with E-state index in [-0.39, 0.29) is 5.56 Å². The van der Waals surface area contributed by atoms with E-state index in [1.54, 1.807) is 0 Å². The van der Waals surface area contributed by atoms with E-state index in [4.69, 9.17) is 4.74 Å². The Morgan fingerprint density at radius 2 is 2.26 bits per heavy atom. The Labute approximate surface area is 110 Å². The number of ether oxygens (including phenoxy) is 1. The lowest BCUT2D eigenvalue weighted by atomic mass is 10.1. The minimum absolute atomic E-state index is 0.282. The standard InChI is InChI=1S/C14H14N2O3/c17-14(18)11-4-5-15-13-3-2-10(8-12(11)13)16-6-1-7-19-9-16/h2-5,8H,1,6-7,9H2,(H,17,18). The number of anilines is 1. The van der Waals surface area contributed by atoms with E-state index in [9.17, 15) is 9.90 Å². The Balaban J connectivity index is 2.08. The van der Waals surface area contributed by atoms with Crippen molar-refractivity contribution in [3.8, 4) is 0 Å². The Morgan fingerprint density at radius 1 is 1.37 bits per heavy atom. The molecule has 0 spiro atoms. The Kier molecular flexibility index (Phi) is 3.05. The number of nitrogens with zero attached hydrogens (tertiary/aromatic N) is 2. The summed E-state index contributed by atoms with van der Waals surface area (Å²) in [5, 5.41) is 9.88. The normalized spacial score (nSPS) is 15.7. The van der Waals surface area contributed by atoms with Crippen LogP contribution in [0.3, 0.4) is 0 Å². The van der Waals surface area contributed by atoms with Gasteiger partial charge in [0, 0.05) is 23.8 Å². The molecule has 5 nitrogen and oxygen atoms in total. The van der Waals surface area contributed by atoms with Gasteiger partial charge in [-0.2, -0.15) is 0 Å². The number of aromatic nitrogens is 1. The molecule has 0 atom stereocenters. The molecule has 2 aromatic rings. The Bertz CT molecular complexity index is 621. The summed E-state index contributed by atoms with van der Waals surface area (Å²) in [4.78, 5) is 17.5. The lowest BCUT2D eigenvalue weighted by molar-refractivity contribution is 0.0699. The Hall–Kier alpha value is -2.14. The number of carboxylic acid groups (broad SMARTS) is 1. The summed E-state index contributed by atoms with van der Waals surface area (Å²) in [6, 6.07) is 7.21. The number of rotatable bonds is 2. The highest BCUT2D eigenvalue weighted by Gasteiger charge is 2.14. The number of carboxylic acids is 1. The van der Waals surface area contributed by atoms with Crippen molar-refractivity contribution in [2.24, 2.45) is 0 Å². The van der Waals surface area contributed by atoms with Crippen LogP contribution in [0, 0.1) is 0 Å². The molecule has 1 saturated heterocycles. The monoisotopic (exact) mass is 258 g/mol. The van der Waals surface area contributed by atoms with Crippen LogP contribution in [0.15, 0.2) is 30.5 Å². The van der Waals surface area contributed by atoms with Crippen molar-refractivity contribution in [2.75, 3.05) is 24.8 Å². The summed E-state index contributed by atoms with van der Waals surface area (Å²) in [5.74, 6) is -0.931. The quantitative estimate of drug-likeness (QED) is 0.894. The lowest BCUT2D eigenvalue weighted by Crippen LogP contribution is -2.32. The van der Waals surface area contributed by atoms with Crippen molar-refractivity contribution in [2.45, 2.75) is 6.42 Å². The van der Waals surface area contributed by atoms with Gasteiger partial charge < -0.3 is 14.7 Å².